The van der Waals surface area contributed by atoms with Gasteiger partial charge in [0.25, 0.3) is 0 Å². The molecule has 4 nitrogen and oxygen atoms in total. The zero-order valence-electron chi connectivity index (χ0n) is 12.7. The number of nitrogens with zero attached hydrogens (tertiary/aromatic N) is 2. The molecule has 0 unspecified atom stereocenters. The summed E-state index contributed by atoms with van der Waals surface area (Å²) in [6.07, 6.45) is 7.00. The molecule has 5 heteroatoms. The van der Waals surface area contributed by atoms with Crippen molar-refractivity contribution in [3.63, 3.8) is 0 Å². The van der Waals surface area contributed by atoms with Gasteiger partial charge in [-0.3, -0.25) is 9.78 Å². The number of carbonyl (C=O) groups is 1. The van der Waals surface area contributed by atoms with Crippen LogP contribution in [0.3, 0.4) is 0 Å². The molecule has 1 aliphatic heterocycles. The molecule has 2 N–H and O–H groups in total. The standard InChI is InChI=1S/C17H22FN3O/c18-13-6-11-10-21(5-3-15(11)20-9-13)16(22)17-4-1-2-12(17)7-14(19)8-17/h6,9,12,14H,1-5,7-8,10,19H2/t12-,14-,17-/m1/s1. The molecule has 3 atom stereocenters. The van der Waals surface area contributed by atoms with Crippen LogP contribution in [0.2, 0.25) is 0 Å². The Kier molecular flexibility index (Phi) is 3.22. The van der Waals surface area contributed by atoms with Gasteiger partial charge in [-0.25, -0.2) is 4.39 Å². The van der Waals surface area contributed by atoms with Gasteiger partial charge in [-0.2, -0.15) is 0 Å². The van der Waals surface area contributed by atoms with E-state index in [0.29, 0.717) is 25.4 Å². The Morgan fingerprint density at radius 1 is 1.50 bits per heavy atom. The number of rotatable bonds is 1. The van der Waals surface area contributed by atoms with Crippen molar-refractivity contribution in [3.8, 4) is 0 Å². The molecule has 2 heterocycles. The lowest BCUT2D eigenvalue weighted by atomic mass is 9.78. The molecule has 0 saturated heterocycles. The average molecular weight is 303 g/mol. The van der Waals surface area contributed by atoms with Crippen LogP contribution in [0, 0.1) is 17.2 Å². The lowest BCUT2D eigenvalue weighted by molar-refractivity contribution is -0.144. The Morgan fingerprint density at radius 2 is 2.36 bits per heavy atom. The quantitative estimate of drug-likeness (QED) is 0.863. The number of amides is 1. The van der Waals surface area contributed by atoms with Crippen LogP contribution in [0.5, 0.6) is 0 Å². The van der Waals surface area contributed by atoms with E-state index in [4.69, 9.17) is 5.73 Å². The smallest absolute Gasteiger partial charge is 0.229 e. The minimum atomic E-state index is -0.326. The second-order valence-electron chi connectivity index (χ2n) is 7.18. The fourth-order valence-corrected chi connectivity index (χ4v) is 4.93. The van der Waals surface area contributed by atoms with Crippen LogP contribution < -0.4 is 5.73 Å². The fraction of sp³-hybridized carbons (Fsp3) is 0.647. The summed E-state index contributed by atoms with van der Waals surface area (Å²) in [4.78, 5) is 19.3. The van der Waals surface area contributed by atoms with Gasteiger partial charge >= 0.3 is 0 Å². The summed E-state index contributed by atoms with van der Waals surface area (Å²) in [6.45, 7) is 1.18. The summed E-state index contributed by atoms with van der Waals surface area (Å²) in [5.74, 6) is 0.368. The molecule has 0 radical (unpaired) electrons. The van der Waals surface area contributed by atoms with Gasteiger partial charge in [0.05, 0.1) is 11.6 Å². The van der Waals surface area contributed by atoms with E-state index in [2.05, 4.69) is 4.98 Å². The van der Waals surface area contributed by atoms with Gasteiger partial charge < -0.3 is 10.6 Å². The second-order valence-corrected chi connectivity index (χ2v) is 7.18. The van der Waals surface area contributed by atoms with Gasteiger partial charge in [-0.1, -0.05) is 6.42 Å². The number of fused-ring (bicyclic) bond motifs is 2. The van der Waals surface area contributed by atoms with Gasteiger partial charge in [-0.15, -0.1) is 0 Å². The summed E-state index contributed by atoms with van der Waals surface area (Å²) >= 11 is 0. The van der Waals surface area contributed by atoms with Crippen molar-refractivity contribution in [1.29, 1.82) is 0 Å². The summed E-state index contributed by atoms with van der Waals surface area (Å²) in [6, 6.07) is 1.68. The average Bonchev–Trinajstić information content (AvgIpc) is 3.02. The van der Waals surface area contributed by atoms with E-state index in [0.717, 1.165) is 43.4 Å². The molecular formula is C17H22FN3O. The maximum absolute atomic E-state index is 13.4. The molecule has 2 aliphatic carbocycles. The fourth-order valence-electron chi connectivity index (χ4n) is 4.93. The largest absolute Gasteiger partial charge is 0.337 e. The zero-order valence-corrected chi connectivity index (χ0v) is 12.7. The predicted molar refractivity (Wildman–Crippen MR) is 80.3 cm³/mol. The van der Waals surface area contributed by atoms with Crippen LogP contribution in [-0.2, 0) is 17.8 Å². The summed E-state index contributed by atoms with van der Waals surface area (Å²) in [5.41, 5.74) is 7.68. The molecule has 22 heavy (non-hydrogen) atoms. The lowest BCUT2D eigenvalue weighted by Crippen LogP contribution is -2.46. The van der Waals surface area contributed by atoms with Crippen LogP contribution >= 0.6 is 0 Å². The van der Waals surface area contributed by atoms with Crippen molar-refractivity contribution in [2.24, 2.45) is 17.1 Å². The van der Waals surface area contributed by atoms with E-state index < -0.39 is 0 Å². The number of nitrogens with two attached hydrogens (primary N) is 1. The third-order valence-electron chi connectivity index (χ3n) is 5.89. The van der Waals surface area contributed by atoms with E-state index in [1.807, 2.05) is 4.90 Å². The first-order valence-corrected chi connectivity index (χ1v) is 8.27. The van der Waals surface area contributed by atoms with E-state index in [9.17, 15) is 9.18 Å². The first-order valence-electron chi connectivity index (χ1n) is 8.27. The SMILES string of the molecule is N[C@@H]1C[C@H]2CCC[C@@]2(C(=O)N2CCc3ncc(F)cc3C2)C1. The van der Waals surface area contributed by atoms with E-state index in [1.54, 1.807) is 0 Å². The van der Waals surface area contributed by atoms with Crippen LogP contribution in [0.1, 0.15) is 43.4 Å². The molecule has 2 fully saturated rings. The maximum Gasteiger partial charge on any atom is 0.229 e. The monoisotopic (exact) mass is 303 g/mol. The molecule has 1 amide bonds. The molecule has 0 spiro atoms. The van der Waals surface area contributed by atoms with Crippen molar-refractivity contribution < 1.29 is 9.18 Å². The van der Waals surface area contributed by atoms with Gasteiger partial charge in [0.1, 0.15) is 5.82 Å². The maximum atomic E-state index is 13.4. The topological polar surface area (TPSA) is 59.2 Å². The highest BCUT2D eigenvalue weighted by Gasteiger charge is 2.55. The highest BCUT2D eigenvalue weighted by atomic mass is 19.1. The van der Waals surface area contributed by atoms with E-state index in [1.165, 1.54) is 12.3 Å². The minimum absolute atomic E-state index is 0.158. The number of halogens is 1. The van der Waals surface area contributed by atoms with Crippen molar-refractivity contribution in [1.82, 2.24) is 9.88 Å². The predicted octanol–water partition coefficient (Wildman–Crippen LogP) is 2.01. The molecule has 1 aromatic rings. The number of pyridine rings is 1. The Hall–Kier alpha value is -1.49. The van der Waals surface area contributed by atoms with Crippen molar-refractivity contribution in [2.75, 3.05) is 6.54 Å². The van der Waals surface area contributed by atoms with Crippen LogP contribution in [0.25, 0.3) is 0 Å². The third-order valence-corrected chi connectivity index (χ3v) is 5.89. The Balaban J connectivity index is 1.59. The molecule has 0 aromatic carbocycles. The van der Waals surface area contributed by atoms with Crippen LogP contribution in [0.4, 0.5) is 4.39 Å². The summed E-state index contributed by atoms with van der Waals surface area (Å²) in [5, 5.41) is 0. The highest BCUT2D eigenvalue weighted by Crippen LogP contribution is 2.55. The molecule has 118 valence electrons. The normalized spacial score (nSPS) is 33.6. The van der Waals surface area contributed by atoms with Crippen molar-refractivity contribution in [2.45, 2.75) is 51.1 Å². The van der Waals surface area contributed by atoms with E-state index >= 15 is 0 Å². The molecule has 2 saturated carbocycles. The number of carbonyl (C=O) groups excluding carboxylic acids is 1. The third kappa shape index (κ3) is 2.06. The second kappa shape index (κ2) is 5.01. The Bertz CT molecular complexity index is 620. The molecule has 1 aromatic heterocycles. The van der Waals surface area contributed by atoms with E-state index in [-0.39, 0.29) is 23.2 Å². The Morgan fingerprint density at radius 3 is 3.23 bits per heavy atom. The van der Waals surface area contributed by atoms with Gasteiger partial charge in [-0.05, 0) is 43.2 Å². The van der Waals surface area contributed by atoms with Gasteiger partial charge in [0, 0.05) is 31.2 Å². The molecular weight excluding hydrogens is 281 g/mol. The number of hydrogen-bond acceptors (Lipinski definition) is 3. The number of aromatic nitrogens is 1. The summed E-state index contributed by atoms with van der Waals surface area (Å²) < 4.78 is 13.4. The molecule has 4 rings (SSSR count). The highest BCUT2D eigenvalue weighted by molar-refractivity contribution is 5.84. The van der Waals surface area contributed by atoms with Crippen LogP contribution in [-0.4, -0.2) is 28.4 Å². The molecule has 3 aliphatic rings. The van der Waals surface area contributed by atoms with Crippen molar-refractivity contribution >= 4 is 5.91 Å². The number of hydrogen-bond donors (Lipinski definition) is 1. The molecule has 0 bridgehead atoms. The van der Waals surface area contributed by atoms with Crippen molar-refractivity contribution in [3.05, 3.63) is 29.3 Å². The van der Waals surface area contributed by atoms with Gasteiger partial charge in [0.15, 0.2) is 0 Å². The Labute approximate surface area is 129 Å². The zero-order chi connectivity index (χ0) is 15.3. The van der Waals surface area contributed by atoms with Gasteiger partial charge in [0.2, 0.25) is 5.91 Å². The lowest BCUT2D eigenvalue weighted by Gasteiger charge is -2.37. The minimum Gasteiger partial charge on any atom is -0.337 e. The van der Waals surface area contributed by atoms with Crippen LogP contribution in [0.15, 0.2) is 12.3 Å². The first kappa shape index (κ1) is 14.1. The summed E-state index contributed by atoms with van der Waals surface area (Å²) in [7, 11) is 0. The first-order chi connectivity index (χ1) is 10.6.